The second-order valence-electron chi connectivity index (χ2n) is 4.05. The Labute approximate surface area is 73.5 Å². The van der Waals surface area contributed by atoms with Gasteiger partial charge < -0.3 is 10.1 Å². The normalized spacial score (nSPS) is 27.1. The lowest BCUT2D eigenvalue weighted by molar-refractivity contribution is -0.145. The van der Waals surface area contributed by atoms with Gasteiger partial charge in [0.15, 0.2) is 0 Å². The summed E-state index contributed by atoms with van der Waals surface area (Å²) in [6.07, 6.45) is 0.881. The average molecular weight is 171 g/mol. The van der Waals surface area contributed by atoms with Crippen molar-refractivity contribution >= 4 is 5.97 Å². The minimum absolute atomic E-state index is 0.0834. The molecule has 1 heterocycles. The quantitative estimate of drug-likeness (QED) is 0.628. The molecule has 1 saturated heterocycles. The van der Waals surface area contributed by atoms with Crippen molar-refractivity contribution in [3.8, 4) is 0 Å². The molecule has 1 aliphatic rings. The van der Waals surface area contributed by atoms with E-state index in [-0.39, 0.29) is 17.4 Å². The fourth-order valence-electron chi connectivity index (χ4n) is 1.51. The molecular formula is C9H17NO2. The molecule has 3 nitrogen and oxygen atoms in total. The highest BCUT2D eigenvalue weighted by molar-refractivity contribution is 5.76. The van der Waals surface area contributed by atoms with Crippen LogP contribution >= 0.6 is 0 Å². The van der Waals surface area contributed by atoms with Gasteiger partial charge in [-0.3, -0.25) is 4.79 Å². The predicted molar refractivity (Wildman–Crippen MR) is 46.8 cm³/mol. The molecule has 70 valence electrons. The average Bonchev–Trinajstić information content (AvgIpc) is 2.31. The molecule has 0 amide bonds. The number of nitrogens with one attached hydrogen (secondary N) is 1. The molecule has 0 aromatic heterocycles. The summed E-state index contributed by atoms with van der Waals surface area (Å²) in [7, 11) is 0. The Morgan fingerprint density at radius 1 is 1.67 bits per heavy atom. The molecule has 0 aromatic rings. The first kappa shape index (κ1) is 9.52. The van der Waals surface area contributed by atoms with Gasteiger partial charge in [-0.1, -0.05) is 13.8 Å². The van der Waals surface area contributed by atoms with Crippen LogP contribution in [0.2, 0.25) is 0 Å². The van der Waals surface area contributed by atoms with E-state index in [2.05, 4.69) is 19.2 Å². The Morgan fingerprint density at radius 3 is 2.75 bits per heavy atom. The maximum atomic E-state index is 11.2. The van der Waals surface area contributed by atoms with Gasteiger partial charge in [0, 0.05) is 6.54 Å². The lowest BCUT2D eigenvalue weighted by atomic mass is 9.91. The van der Waals surface area contributed by atoms with Crippen molar-refractivity contribution in [2.24, 2.45) is 5.41 Å². The summed E-state index contributed by atoms with van der Waals surface area (Å²) in [5.74, 6) is -0.108. The van der Waals surface area contributed by atoms with Gasteiger partial charge >= 0.3 is 5.97 Å². The molecule has 0 bridgehead atoms. The zero-order chi connectivity index (χ0) is 9.19. The van der Waals surface area contributed by atoms with Crippen LogP contribution in [0.1, 0.15) is 27.2 Å². The van der Waals surface area contributed by atoms with Crippen molar-refractivity contribution in [3.63, 3.8) is 0 Å². The summed E-state index contributed by atoms with van der Waals surface area (Å²) >= 11 is 0. The number of rotatable bonds is 2. The number of hydrogen-bond donors (Lipinski definition) is 1. The number of carbonyl (C=O) groups is 1. The van der Waals surface area contributed by atoms with Crippen LogP contribution in [0.5, 0.6) is 0 Å². The molecule has 0 saturated carbocycles. The number of carbonyl (C=O) groups excluding carboxylic acids is 1. The van der Waals surface area contributed by atoms with E-state index in [9.17, 15) is 4.79 Å². The summed E-state index contributed by atoms with van der Waals surface area (Å²) in [4.78, 5) is 11.2. The highest BCUT2D eigenvalue weighted by Gasteiger charge is 2.35. The van der Waals surface area contributed by atoms with Gasteiger partial charge in [0.1, 0.15) is 6.04 Å². The van der Waals surface area contributed by atoms with E-state index < -0.39 is 0 Å². The highest BCUT2D eigenvalue weighted by Crippen LogP contribution is 2.27. The third kappa shape index (κ3) is 2.21. The smallest absolute Gasteiger partial charge is 0.323 e. The van der Waals surface area contributed by atoms with Crippen molar-refractivity contribution in [2.45, 2.75) is 33.2 Å². The van der Waals surface area contributed by atoms with Crippen molar-refractivity contribution < 1.29 is 9.53 Å². The van der Waals surface area contributed by atoms with Crippen molar-refractivity contribution in [1.29, 1.82) is 0 Å². The van der Waals surface area contributed by atoms with Crippen LogP contribution in [0, 0.1) is 5.41 Å². The third-order valence-electron chi connectivity index (χ3n) is 2.15. The van der Waals surface area contributed by atoms with Gasteiger partial charge in [-0.25, -0.2) is 0 Å². The van der Waals surface area contributed by atoms with Crippen molar-refractivity contribution in [2.75, 3.05) is 13.2 Å². The van der Waals surface area contributed by atoms with Crippen LogP contribution < -0.4 is 5.32 Å². The Morgan fingerprint density at radius 2 is 2.33 bits per heavy atom. The molecule has 0 aromatic carbocycles. The van der Waals surface area contributed by atoms with Gasteiger partial charge in [-0.15, -0.1) is 0 Å². The fourth-order valence-corrected chi connectivity index (χ4v) is 1.51. The summed E-state index contributed by atoms with van der Waals surface area (Å²) in [6, 6.07) is -0.0834. The van der Waals surface area contributed by atoms with E-state index in [0.717, 1.165) is 13.0 Å². The van der Waals surface area contributed by atoms with Crippen LogP contribution in [-0.2, 0) is 9.53 Å². The minimum atomic E-state index is -0.108. The Kier molecular flexibility index (Phi) is 2.73. The van der Waals surface area contributed by atoms with Crippen molar-refractivity contribution in [3.05, 3.63) is 0 Å². The third-order valence-corrected chi connectivity index (χ3v) is 2.15. The Balaban J connectivity index is 2.41. The van der Waals surface area contributed by atoms with E-state index in [1.807, 2.05) is 6.92 Å². The first-order valence-corrected chi connectivity index (χ1v) is 4.45. The van der Waals surface area contributed by atoms with E-state index in [1.165, 1.54) is 0 Å². The summed E-state index contributed by atoms with van der Waals surface area (Å²) < 4.78 is 4.92. The van der Waals surface area contributed by atoms with E-state index in [4.69, 9.17) is 4.74 Å². The number of hydrogen-bond acceptors (Lipinski definition) is 3. The molecular weight excluding hydrogens is 154 g/mol. The topological polar surface area (TPSA) is 38.3 Å². The summed E-state index contributed by atoms with van der Waals surface area (Å²) in [5, 5.41) is 3.16. The molecule has 0 radical (unpaired) electrons. The number of ether oxygens (including phenoxy) is 1. The zero-order valence-corrected chi connectivity index (χ0v) is 8.02. The largest absolute Gasteiger partial charge is 0.465 e. The molecule has 1 aliphatic heterocycles. The molecule has 1 unspecified atom stereocenters. The Bertz CT molecular complexity index is 177. The second kappa shape index (κ2) is 3.44. The summed E-state index contributed by atoms with van der Waals surface area (Å²) in [5.41, 5.74) is 0.234. The molecule has 1 N–H and O–H groups in total. The summed E-state index contributed by atoms with van der Waals surface area (Å²) in [6.45, 7) is 7.50. The monoisotopic (exact) mass is 171 g/mol. The van der Waals surface area contributed by atoms with Gasteiger partial charge in [0.2, 0.25) is 0 Å². The first-order valence-electron chi connectivity index (χ1n) is 4.45. The number of esters is 1. The fraction of sp³-hybridized carbons (Fsp3) is 0.889. The van der Waals surface area contributed by atoms with E-state index >= 15 is 0 Å². The molecule has 3 heteroatoms. The SMILES string of the molecule is CCOC(=O)C1CC(C)(C)CN1. The van der Waals surface area contributed by atoms with Crippen LogP contribution in [0.3, 0.4) is 0 Å². The van der Waals surface area contributed by atoms with Crippen molar-refractivity contribution in [1.82, 2.24) is 5.32 Å². The Hall–Kier alpha value is -0.570. The van der Waals surface area contributed by atoms with Crippen LogP contribution in [0.15, 0.2) is 0 Å². The molecule has 0 aliphatic carbocycles. The second-order valence-corrected chi connectivity index (χ2v) is 4.05. The lowest BCUT2D eigenvalue weighted by Gasteiger charge is -2.14. The molecule has 1 rings (SSSR count). The zero-order valence-electron chi connectivity index (χ0n) is 8.02. The lowest BCUT2D eigenvalue weighted by Crippen LogP contribution is -2.32. The molecule has 1 fully saturated rings. The van der Waals surface area contributed by atoms with Gasteiger partial charge in [-0.05, 0) is 18.8 Å². The predicted octanol–water partition coefficient (Wildman–Crippen LogP) is 0.938. The standard InChI is InChI=1S/C9H17NO2/c1-4-12-8(11)7-5-9(2,3)6-10-7/h7,10H,4-6H2,1-3H3. The van der Waals surface area contributed by atoms with Crippen LogP contribution in [0.4, 0.5) is 0 Å². The first-order chi connectivity index (χ1) is 5.55. The van der Waals surface area contributed by atoms with E-state index in [1.54, 1.807) is 0 Å². The minimum Gasteiger partial charge on any atom is -0.465 e. The molecule has 12 heavy (non-hydrogen) atoms. The van der Waals surface area contributed by atoms with Gasteiger partial charge in [0.05, 0.1) is 6.61 Å². The van der Waals surface area contributed by atoms with Crippen LogP contribution in [-0.4, -0.2) is 25.2 Å². The van der Waals surface area contributed by atoms with Gasteiger partial charge in [0.25, 0.3) is 0 Å². The molecule has 0 spiro atoms. The molecule has 1 atom stereocenters. The van der Waals surface area contributed by atoms with E-state index in [0.29, 0.717) is 6.61 Å². The van der Waals surface area contributed by atoms with Gasteiger partial charge in [-0.2, -0.15) is 0 Å². The van der Waals surface area contributed by atoms with Crippen LogP contribution in [0.25, 0.3) is 0 Å². The maximum absolute atomic E-state index is 11.2. The highest BCUT2D eigenvalue weighted by atomic mass is 16.5. The maximum Gasteiger partial charge on any atom is 0.323 e.